The monoisotopic (exact) mass is 257 g/mol. The molecule has 0 aromatic heterocycles. The van der Waals surface area contributed by atoms with E-state index in [0.717, 1.165) is 5.56 Å². The average Bonchev–Trinajstić information content (AvgIpc) is 2.37. The van der Waals surface area contributed by atoms with Crippen LogP contribution in [0.3, 0.4) is 0 Å². The van der Waals surface area contributed by atoms with E-state index in [-0.39, 0.29) is 18.4 Å². The number of nitrogens with zero attached hydrogens (tertiary/aromatic N) is 2. The van der Waals surface area contributed by atoms with Gasteiger partial charge in [-0.05, 0) is 31.0 Å². The number of rotatable bonds is 2. The van der Waals surface area contributed by atoms with E-state index in [1.54, 1.807) is 11.0 Å². The summed E-state index contributed by atoms with van der Waals surface area (Å²) >= 11 is 0. The second kappa shape index (κ2) is 5.11. The molecule has 5 nitrogen and oxygen atoms in total. The van der Waals surface area contributed by atoms with E-state index in [9.17, 15) is 9.59 Å². The first kappa shape index (κ1) is 13.1. The largest absolute Gasteiger partial charge is 0.349 e. The topological polar surface area (TPSA) is 73.2 Å². The molecule has 1 fully saturated rings. The number of hydrogen-bond donors (Lipinski definition) is 1. The van der Waals surface area contributed by atoms with Gasteiger partial charge in [0.15, 0.2) is 0 Å². The molecule has 1 N–H and O–H groups in total. The van der Waals surface area contributed by atoms with Gasteiger partial charge in [-0.3, -0.25) is 14.9 Å². The van der Waals surface area contributed by atoms with Gasteiger partial charge >= 0.3 is 0 Å². The third-order valence-electron chi connectivity index (χ3n) is 3.23. The molecule has 19 heavy (non-hydrogen) atoms. The molecule has 0 radical (unpaired) electrons. The Balaban J connectivity index is 2.49. The lowest BCUT2D eigenvalue weighted by Crippen LogP contribution is -2.58. The zero-order valence-corrected chi connectivity index (χ0v) is 10.9. The van der Waals surface area contributed by atoms with Crippen LogP contribution in [0.4, 0.5) is 5.69 Å². The molecule has 1 heterocycles. The molecule has 1 atom stereocenters. The van der Waals surface area contributed by atoms with Crippen molar-refractivity contribution in [2.24, 2.45) is 0 Å². The quantitative estimate of drug-likeness (QED) is 0.805. The Morgan fingerprint density at radius 1 is 1.47 bits per heavy atom. The van der Waals surface area contributed by atoms with E-state index in [1.807, 2.05) is 26.0 Å². The summed E-state index contributed by atoms with van der Waals surface area (Å²) in [6.45, 7) is 3.90. The fourth-order valence-electron chi connectivity index (χ4n) is 2.30. The van der Waals surface area contributed by atoms with Gasteiger partial charge in [0.2, 0.25) is 11.8 Å². The summed E-state index contributed by atoms with van der Waals surface area (Å²) in [5, 5.41) is 11.5. The maximum absolute atomic E-state index is 11.8. The molecule has 0 saturated carbocycles. The minimum atomic E-state index is -0.411. The van der Waals surface area contributed by atoms with Crippen LogP contribution in [0, 0.1) is 18.3 Å². The predicted molar refractivity (Wildman–Crippen MR) is 70.5 cm³/mol. The molecule has 1 aliphatic heterocycles. The first-order chi connectivity index (χ1) is 9.06. The number of nitrogens with one attached hydrogen (secondary N) is 1. The van der Waals surface area contributed by atoms with Crippen LogP contribution >= 0.6 is 0 Å². The average molecular weight is 257 g/mol. The number of carbonyl (C=O) groups excluding carboxylic acids is 2. The fourth-order valence-corrected chi connectivity index (χ4v) is 2.30. The Labute approximate surface area is 111 Å². The number of anilines is 1. The summed E-state index contributed by atoms with van der Waals surface area (Å²) < 4.78 is 0. The number of carbonyl (C=O) groups is 2. The zero-order valence-electron chi connectivity index (χ0n) is 10.9. The lowest BCUT2D eigenvalue weighted by Gasteiger charge is -2.35. The highest BCUT2D eigenvalue weighted by Gasteiger charge is 2.33. The highest BCUT2D eigenvalue weighted by Crippen LogP contribution is 2.26. The number of piperazine rings is 1. The number of amides is 2. The summed E-state index contributed by atoms with van der Waals surface area (Å²) in [4.78, 5) is 25.1. The van der Waals surface area contributed by atoms with Crippen molar-refractivity contribution in [3.8, 4) is 6.07 Å². The molecule has 0 aliphatic carbocycles. The minimum absolute atomic E-state index is 0.0996. The van der Waals surface area contributed by atoms with Crippen molar-refractivity contribution in [1.82, 2.24) is 5.32 Å². The molecule has 2 amide bonds. The SMILES string of the molecule is CCC1C(=O)NC(=O)CN1c1cc(C)ccc1C#N. The molecule has 1 saturated heterocycles. The van der Waals surface area contributed by atoms with E-state index in [0.29, 0.717) is 17.7 Å². The summed E-state index contributed by atoms with van der Waals surface area (Å²) in [5.74, 6) is -0.635. The van der Waals surface area contributed by atoms with Gasteiger partial charge in [0, 0.05) is 0 Å². The smallest absolute Gasteiger partial charge is 0.249 e. The molecule has 1 aliphatic rings. The Bertz CT molecular complexity index is 575. The zero-order chi connectivity index (χ0) is 14.0. The molecule has 0 spiro atoms. The van der Waals surface area contributed by atoms with Crippen LogP contribution in [0.1, 0.15) is 24.5 Å². The first-order valence-corrected chi connectivity index (χ1v) is 6.18. The second-order valence-electron chi connectivity index (χ2n) is 4.60. The van der Waals surface area contributed by atoms with Gasteiger partial charge in [0.25, 0.3) is 0 Å². The van der Waals surface area contributed by atoms with Gasteiger partial charge in [-0.2, -0.15) is 5.26 Å². The molecule has 0 bridgehead atoms. The second-order valence-corrected chi connectivity index (χ2v) is 4.60. The van der Waals surface area contributed by atoms with E-state index in [4.69, 9.17) is 5.26 Å². The minimum Gasteiger partial charge on any atom is -0.349 e. The maximum Gasteiger partial charge on any atom is 0.249 e. The Hall–Kier alpha value is -2.35. The highest BCUT2D eigenvalue weighted by atomic mass is 16.2. The molecule has 5 heteroatoms. The number of hydrogen-bond acceptors (Lipinski definition) is 4. The van der Waals surface area contributed by atoms with Gasteiger partial charge in [-0.15, -0.1) is 0 Å². The van der Waals surface area contributed by atoms with Crippen LogP contribution in [0.2, 0.25) is 0 Å². The molecule has 1 aromatic carbocycles. The van der Waals surface area contributed by atoms with Crippen molar-refractivity contribution in [2.45, 2.75) is 26.3 Å². The Kier molecular flexibility index (Phi) is 3.52. The van der Waals surface area contributed by atoms with Gasteiger partial charge in [0.05, 0.1) is 17.8 Å². The lowest BCUT2D eigenvalue weighted by molar-refractivity contribution is -0.132. The van der Waals surface area contributed by atoms with Crippen molar-refractivity contribution < 1.29 is 9.59 Å². The van der Waals surface area contributed by atoms with Gasteiger partial charge in [-0.25, -0.2) is 0 Å². The van der Waals surface area contributed by atoms with Crippen molar-refractivity contribution >= 4 is 17.5 Å². The van der Waals surface area contributed by atoms with Gasteiger partial charge in [0.1, 0.15) is 12.1 Å². The number of nitriles is 1. The maximum atomic E-state index is 11.8. The van der Waals surface area contributed by atoms with Crippen molar-refractivity contribution in [1.29, 1.82) is 5.26 Å². The van der Waals surface area contributed by atoms with Crippen LogP contribution < -0.4 is 10.2 Å². The summed E-state index contributed by atoms with van der Waals surface area (Å²) in [7, 11) is 0. The molecule has 1 unspecified atom stereocenters. The number of aryl methyl sites for hydroxylation is 1. The van der Waals surface area contributed by atoms with Crippen molar-refractivity contribution in [3.05, 3.63) is 29.3 Å². The molecular weight excluding hydrogens is 242 g/mol. The summed E-state index contributed by atoms with van der Waals surface area (Å²) in [5.41, 5.74) is 2.12. The van der Waals surface area contributed by atoms with Crippen LogP contribution in [-0.2, 0) is 9.59 Å². The van der Waals surface area contributed by atoms with Crippen LogP contribution in [-0.4, -0.2) is 24.4 Å². The van der Waals surface area contributed by atoms with Crippen LogP contribution in [0.25, 0.3) is 0 Å². The summed E-state index contributed by atoms with van der Waals surface area (Å²) in [6.07, 6.45) is 0.581. The Morgan fingerprint density at radius 2 is 2.21 bits per heavy atom. The third kappa shape index (κ3) is 2.43. The number of benzene rings is 1. The first-order valence-electron chi connectivity index (χ1n) is 6.18. The normalized spacial score (nSPS) is 19.0. The van der Waals surface area contributed by atoms with E-state index in [2.05, 4.69) is 11.4 Å². The fraction of sp³-hybridized carbons (Fsp3) is 0.357. The molecule has 1 aromatic rings. The van der Waals surface area contributed by atoms with Crippen LogP contribution in [0.15, 0.2) is 18.2 Å². The summed E-state index contributed by atoms with van der Waals surface area (Å²) in [6, 6.07) is 7.10. The van der Waals surface area contributed by atoms with Gasteiger partial charge in [-0.1, -0.05) is 13.0 Å². The van der Waals surface area contributed by atoms with E-state index >= 15 is 0 Å². The Morgan fingerprint density at radius 3 is 2.84 bits per heavy atom. The van der Waals surface area contributed by atoms with E-state index < -0.39 is 6.04 Å². The van der Waals surface area contributed by atoms with E-state index in [1.165, 1.54) is 0 Å². The number of imide groups is 1. The van der Waals surface area contributed by atoms with Crippen molar-refractivity contribution in [2.75, 3.05) is 11.4 Å². The standard InChI is InChI=1S/C14H15N3O2/c1-3-11-14(19)16-13(18)8-17(11)12-6-9(2)4-5-10(12)7-15/h4-6,11H,3,8H2,1-2H3,(H,16,18,19). The van der Waals surface area contributed by atoms with Crippen LogP contribution in [0.5, 0.6) is 0 Å². The molecule has 2 rings (SSSR count). The molecular formula is C14H15N3O2. The van der Waals surface area contributed by atoms with Gasteiger partial charge < -0.3 is 4.90 Å². The highest BCUT2D eigenvalue weighted by molar-refractivity contribution is 6.04. The molecule has 98 valence electrons. The van der Waals surface area contributed by atoms with Crippen molar-refractivity contribution in [3.63, 3.8) is 0 Å². The predicted octanol–water partition coefficient (Wildman–Crippen LogP) is 1.11. The lowest BCUT2D eigenvalue weighted by atomic mass is 10.0. The third-order valence-corrected chi connectivity index (χ3v) is 3.23.